The molecule has 8 heteroatoms. The molecule has 0 saturated carbocycles. The van der Waals surface area contributed by atoms with E-state index in [2.05, 4.69) is 29.7 Å². The van der Waals surface area contributed by atoms with E-state index < -0.39 is 17.5 Å². The lowest BCUT2D eigenvalue weighted by Crippen LogP contribution is -2.48. The van der Waals surface area contributed by atoms with Gasteiger partial charge < -0.3 is 24.8 Å². The summed E-state index contributed by atoms with van der Waals surface area (Å²) in [4.78, 5) is 38.5. The number of anilines is 1. The Kier molecular flexibility index (Phi) is 22.4. The fourth-order valence-electron chi connectivity index (χ4n) is 6.24. The van der Waals surface area contributed by atoms with Gasteiger partial charge in [0.25, 0.3) is 0 Å². The summed E-state index contributed by atoms with van der Waals surface area (Å²) >= 11 is 0. The third-order valence-corrected chi connectivity index (χ3v) is 9.46. The molecule has 2 N–H and O–H groups in total. The Morgan fingerprint density at radius 2 is 1.24 bits per heavy atom. The molecule has 0 saturated heterocycles. The van der Waals surface area contributed by atoms with Crippen molar-refractivity contribution in [3.8, 4) is 5.75 Å². The van der Waals surface area contributed by atoms with Crippen LogP contribution >= 0.6 is 0 Å². The summed E-state index contributed by atoms with van der Waals surface area (Å²) in [6.45, 7) is 7.21. The van der Waals surface area contributed by atoms with Crippen LogP contribution in [-0.4, -0.2) is 37.0 Å². The molecular formula is C47H66N2O6. The largest absolute Gasteiger partial charge is 0.426 e. The highest BCUT2D eigenvalue weighted by Crippen LogP contribution is 2.26. The number of benzene rings is 3. The van der Waals surface area contributed by atoms with Crippen LogP contribution in [0.15, 0.2) is 97.1 Å². The molecule has 0 radical (unpaired) electrons. The minimum Gasteiger partial charge on any atom is -0.426 e. The Hall–Kier alpha value is -4.27. The molecule has 0 heterocycles. The lowest BCUT2D eigenvalue weighted by atomic mass is 9.86. The van der Waals surface area contributed by atoms with Crippen molar-refractivity contribution in [2.24, 2.45) is 5.41 Å². The van der Waals surface area contributed by atoms with Gasteiger partial charge in [0, 0.05) is 24.1 Å². The van der Waals surface area contributed by atoms with Gasteiger partial charge in [0.2, 0.25) is 11.8 Å². The molecule has 0 aromatic heterocycles. The van der Waals surface area contributed by atoms with E-state index in [0.717, 1.165) is 36.8 Å². The number of allylic oxidation sites excluding steroid dienone is 2. The Balaban J connectivity index is 1.31. The van der Waals surface area contributed by atoms with E-state index in [4.69, 9.17) is 14.2 Å². The van der Waals surface area contributed by atoms with Crippen LogP contribution in [0.4, 0.5) is 5.69 Å². The van der Waals surface area contributed by atoms with Crippen molar-refractivity contribution < 1.29 is 28.6 Å². The minimum atomic E-state index is -0.820. The summed E-state index contributed by atoms with van der Waals surface area (Å²) in [5, 5.41) is 5.78. The number of rotatable bonds is 29. The molecule has 1 atom stereocenters. The highest BCUT2D eigenvalue weighted by molar-refractivity contribution is 5.90. The van der Waals surface area contributed by atoms with Gasteiger partial charge in [-0.15, -0.1) is 0 Å². The molecule has 3 aromatic rings. The highest BCUT2D eigenvalue weighted by Gasteiger charge is 2.36. The van der Waals surface area contributed by atoms with E-state index in [1.54, 1.807) is 24.3 Å². The molecule has 8 nitrogen and oxygen atoms in total. The van der Waals surface area contributed by atoms with Gasteiger partial charge in [-0.1, -0.05) is 145 Å². The number of carbonyl (C=O) groups excluding carboxylic acids is 3. The van der Waals surface area contributed by atoms with Gasteiger partial charge in [-0.05, 0) is 67.5 Å². The fourth-order valence-corrected chi connectivity index (χ4v) is 6.24. The molecule has 3 aromatic carbocycles. The number of hydrogen-bond acceptors (Lipinski definition) is 6. The van der Waals surface area contributed by atoms with Crippen LogP contribution < -0.4 is 15.4 Å². The Labute approximate surface area is 330 Å². The van der Waals surface area contributed by atoms with Crippen LogP contribution in [0.2, 0.25) is 0 Å². The molecule has 55 heavy (non-hydrogen) atoms. The topological polar surface area (TPSA) is 103 Å². The van der Waals surface area contributed by atoms with Crippen molar-refractivity contribution in [1.29, 1.82) is 0 Å². The zero-order valence-corrected chi connectivity index (χ0v) is 33.7. The van der Waals surface area contributed by atoms with Crippen molar-refractivity contribution >= 4 is 23.5 Å². The average Bonchev–Trinajstić information content (AvgIpc) is 3.18. The maximum absolute atomic E-state index is 13.4. The van der Waals surface area contributed by atoms with Crippen molar-refractivity contribution in [2.45, 2.75) is 136 Å². The molecule has 0 fully saturated rings. The maximum Gasteiger partial charge on any atom is 0.312 e. The SMILES string of the molecule is CCCCCCCCC=CCCCCCCCC(=O)Nc1ccc(OC(=O)CCNC(=O)C(OCc2ccccc2)C(C)(C)COCc2ccccc2)cc1. The predicted molar refractivity (Wildman–Crippen MR) is 223 cm³/mol. The summed E-state index contributed by atoms with van der Waals surface area (Å²) in [5.41, 5.74) is 2.00. The number of hydrogen-bond donors (Lipinski definition) is 2. The van der Waals surface area contributed by atoms with Gasteiger partial charge in [-0.2, -0.15) is 0 Å². The van der Waals surface area contributed by atoms with E-state index in [-0.39, 0.29) is 31.4 Å². The third kappa shape index (κ3) is 20.3. The molecule has 0 spiro atoms. The summed E-state index contributed by atoms with van der Waals surface area (Å²) in [5.74, 6) is -0.449. The molecule has 3 rings (SSSR count). The van der Waals surface area contributed by atoms with Crippen molar-refractivity contribution in [1.82, 2.24) is 5.32 Å². The van der Waals surface area contributed by atoms with Gasteiger partial charge in [0.05, 0.1) is 26.2 Å². The summed E-state index contributed by atoms with van der Waals surface area (Å²) < 4.78 is 17.7. The van der Waals surface area contributed by atoms with E-state index in [0.29, 0.717) is 31.1 Å². The third-order valence-electron chi connectivity index (χ3n) is 9.46. The smallest absolute Gasteiger partial charge is 0.312 e. The van der Waals surface area contributed by atoms with Gasteiger partial charge in [-0.3, -0.25) is 14.4 Å². The molecular weight excluding hydrogens is 689 g/mol. The second-order valence-electron chi connectivity index (χ2n) is 15.1. The van der Waals surface area contributed by atoms with E-state index in [1.807, 2.05) is 74.5 Å². The first-order valence-electron chi connectivity index (χ1n) is 20.6. The van der Waals surface area contributed by atoms with Crippen molar-refractivity contribution in [3.63, 3.8) is 0 Å². The highest BCUT2D eigenvalue weighted by atomic mass is 16.5. The lowest BCUT2D eigenvalue weighted by Gasteiger charge is -2.33. The molecule has 300 valence electrons. The average molecular weight is 755 g/mol. The second-order valence-corrected chi connectivity index (χ2v) is 15.1. The standard InChI is InChI=1S/C47H66N2O6/c1-4-5-6-7-8-9-10-11-12-13-14-15-16-17-24-29-43(50)49-41-30-32-42(33-31-41)55-44(51)34-35-48-46(52)45(54-37-40-27-22-19-23-28-40)47(2,3)38-53-36-39-25-20-18-21-26-39/h11-12,18-23,25-28,30-33,45H,4-10,13-17,24,29,34-38H2,1-3H3,(H,48,52)(H,49,50). The van der Waals surface area contributed by atoms with Crippen LogP contribution in [0.25, 0.3) is 0 Å². The summed E-state index contributed by atoms with van der Waals surface area (Å²) in [7, 11) is 0. The zero-order chi connectivity index (χ0) is 39.4. The van der Waals surface area contributed by atoms with Crippen LogP contribution in [0.3, 0.4) is 0 Å². The molecule has 1 unspecified atom stereocenters. The van der Waals surface area contributed by atoms with Gasteiger partial charge in [-0.25, -0.2) is 0 Å². The number of unbranched alkanes of at least 4 members (excludes halogenated alkanes) is 11. The number of ether oxygens (including phenoxy) is 3. The van der Waals surface area contributed by atoms with E-state index in [1.165, 1.54) is 57.8 Å². The van der Waals surface area contributed by atoms with Gasteiger partial charge >= 0.3 is 5.97 Å². The predicted octanol–water partition coefficient (Wildman–Crippen LogP) is 10.9. The van der Waals surface area contributed by atoms with E-state index in [9.17, 15) is 14.4 Å². The first-order chi connectivity index (χ1) is 26.8. The molecule has 0 bridgehead atoms. The zero-order valence-electron chi connectivity index (χ0n) is 33.7. The fraction of sp³-hybridized carbons (Fsp3) is 0.511. The first kappa shape index (κ1) is 45.1. The minimum absolute atomic E-state index is 0.0173. The number of carbonyl (C=O) groups is 3. The number of esters is 1. The summed E-state index contributed by atoms with van der Waals surface area (Å²) in [6, 6.07) is 26.3. The van der Waals surface area contributed by atoms with E-state index >= 15 is 0 Å². The van der Waals surface area contributed by atoms with Crippen LogP contribution in [-0.2, 0) is 37.1 Å². The normalized spacial score (nSPS) is 12.1. The van der Waals surface area contributed by atoms with Gasteiger partial charge in [0.1, 0.15) is 11.9 Å². The van der Waals surface area contributed by atoms with Crippen LogP contribution in [0, 0.1) is 5.41 Å². The van der Waals surface area contributed by atoms with Gasteiger partial charge in [0.15, 0.2) is 0 Å². The summed E-state index contributed by atoms with van der Waals surface area (Å²) in [6.07, 6.45) is 20.2. The maximum atomic E-state index is 13.4. The van der Waals surface area contributed by atoms with Crippen molar-refractivity contribution in [3.05, 3.63) is 108 Å². The molecule has 0 aliphatic carbocycles. The first-order valence-corrected chi connectivity index (χ1v) is 20.6. The molecule has 0 aliphatic heterocycles. The quantitative estimate of drug-likeness (QED) is 0.0317. The van der Waals surface area contributed by atoms with Crippen molar-refractivity contribution in [2.75, 3.05) is 18.5 Å². The lowest BCUT2D eigenvalue weighted by molar-refractivity contribution is -0.147. The molecule has 2 amide bonds. The Bertz CT molecular complexity index is 1510. The Morgan fingerprint density at radius 1 is 0.673 bits per heavy atom. The monoisotopic (exact) mass is 754 g/mol. The Morgan fingerprint density at radius 3 is 1.85 bits per heavy atom. The number of amides is 2. The van der Waals surface area contributed by atoms with Crippen LogP contribution in [0.5, 0.6) is 5.75 Å². The molecule has 0 aliphatic rings. The second kappa shape index (κ2) is 27.3. The van der Waals surface area contributed by atoms with Crippen LogP contribution in [0.1, 0.15) is 128 Å². The number of nitrogens with one attached hydrogen (secondary N) is 2.